The first kappa shape index (κ1) is 18.8. The number of nitrogens with zero attached hydrogens (tertiary/aromatic N) is 2. The van der Waals surface area contributed by atoms with Gasteiger partial charge in [0.05, 0.1) is 15.5 Å². The summed E-state index contributed by atoms with van der Waals surface area (Å²) in [6.45, 7) is 1.87. The largest absolute Gasteiger partial charge is 0.321 e. The molecule has 1 amide bonds. The molecule has 1 N–H and O–H groups in total. The summed E-state index contributed by atoms with van der Waals surface area (Å²) in [5.74, 6) is -0.390. The average molecular weight is 497 g/mol. The van der Waals surface area contributed by atoms with E-state index in [0.29, 0.717) is 10.6 Å². The third-order valence-corrected chi connectivity index (χ3v) is 6.40. The molecule has 0 saturated carbocycles. The number of nitro benzene ring substituents is 1. The number of nitrogens with one attached hydrogen (secondary N) is 1. The van der Waals surface area contributed by atoms with E-state index in [1.165, 1.54) is 29.2 Å². The number of benzene rings is 2. The van der Waals surface area contributed by atoms with Gasteiger partial charge < -0.3 is 5.32 Å². The minimum absolute atomic E-state index is 0.113. The molecule has 0 unspecified atom stereocenters. The number of hydrogen-bond donors (Lipinski definition) is 1. The lowest BCUT2D eigenvalue weighted by atomic mass is 10.2. The highest BCUT2D eigenvalue weighted by atomic mass is 127. The summed E-state index contributed by atoms with van der Waals surface area (Å²) in [7, 11) is 0. The average Bonchev–Trinajstić information content (AvgIpc) is 3.02. The molecule has 1 heterocycles. The van der Waals surface area contributed by atoms with Crippen LogP contribution in [0.3, 0.4) is 0 Å². The Morgan fingerprint density at radius 3 is 2.73 bits per heavy atom. The van der Waals surface area contributed by atoms with Crippen molar-refractivity contribution in [2.24, 2.45) is 0 Å². The molecule has 1 aromatic heterocycles. The summed E-state index contributed by atoms with van der Waals surface area (Å²) >= 11 is 4.77. The highest BCUT2D eigenvalue weighted by molar-refractivity contribution is 14.1. The molecular weight excluding hydrogens is 485 g/mol. The standard InChI is InChI=1S/C17H12IN3O3S2/c1-10-9-25-17(19-10)26-15-7-6-11(8-14(15)21(23)24)16(22)20-13-5-3-2-4-12(13)18/h2-9H,1H3,(H,20,22). The number of aryl methyl sites for hydroxylation is 1. The van der Waals surface area contributed by atoms with Crippen LogP contribution in [0.1, 0.15) is 16.1 Å². The number of anilines is 1. The van der Waals surface area contributed by atoms with Crippen molar-refractivity contribution < 1.29 is 9.72 Å². The van der Waals surface area contributed by atoms with Crippen LogP contribution in [0.5, 0.6) is 0 Å². The van der Waals surface area contributed by atoms with Gasteiger partial charge in [0, 0.05) is 26.3 Å². The summed E-state index contributed by atoms with van der Waals surface area (Å²) in [4.78, 5) is 28.2. The number of carbonyl (C=O) groups excluding carboxylic acids is 1. The molecule has 0 aliphatic carbocycles. The highest BCUT2D eigenvalue weighted by Crippen LogP contribution is 2.37. The van der Waals surface area contributed by atoms with Crippen LogP contribution in [-0.2, 0) is 0 Å². The normalized spacial score (nSPS) is 10.5. The van der Waals surface area contributed by atoms with Gasteiger partial charge in [-0.05, 0) is 53.8 Å². The van der Waals surface area contributed by atoms with Gasteiger partial charge in [0.2, 0.25) is 0 Å². The first-order valence-electron chi connectivity index (χ1n) is 7.38. The predicted octanol–water partition coefficient (Wildman–Crippen LogP) is 5.37. The summed E-state index contributed by atoms with van der Waals surface area (Å²) in [6.07, 6.45) is 0. The van der Waals surface area contributed by atoms with Crippen molar-refractivity contribution in [3.63, 3.8) is 0 Å². The van der Waals surface area contributed by atoms with E-state index in [1.54, 1.807) is 18.2 Å². The Balaban J connectivity index is 1.87. The number of nitro groups is 1. The van der Waals surface area contributed by atoms with E-state index in [2.05, 4.69) is 32.9 Å². The summed E-state index contributed by atoms with van der Waals surface area (Å²) < 4.78 is 1.61. The first-order chi connectivity index (χ1) is 12.4. The Bertz CT molecular complexity index is 991. The van der Waals surface area contributed by atoms with E-state index in [1.807, 2.05) is 30.5 Å². The predicted molar refractivity (Wildman–Crippen MR) is 111 cm³/mol. The molecule has 0 saturated heterocycles. The Labute approximate surface area is 171 Å². The maximum atomic E-state index is 12.5. The molecule has 9 heteroatoms. The van der Waals surface area contributed by atoms with Crippen molar-refractivity contribution in [1.82, 2.24) is 4.98 Å². The van der Waals surface area contributed by atoms with Crippen LogP contribution in [-0.4, -0.2) is 15.8 Å². The Kier molecular flexibility index (Phi) is 5.89. The topological polar surface area (TPSA) is 85.1 Å². The summed E-state index contributed by atoms with van der Waals surface area (Å²) in [6, 6.07) is 11.8. The minimum Gasteiger partial charge on any atom is -0.321 e. The van der Waals surface area contributed by atoms with Crippen LogP contribution in [0.15, 0.2) is 57.1 Å². The van der Waals surface area contributed by atoms with E-state index in [4.69, 9.17) is 0 Å². The fourth-order valence-electron chi connectivity index (χ4n) is 2.12. The van der Waals surface area contributed by atoms with Gasteiger partial charge in [0.1, 0.15) is 0 Å². The zero-order valence-corrected chi connectivity index (χ0v) is 17.2. The molecule has 3 rings (SSSR count). The van der Waals surface area contributed by atoms with Gasteiger partial charge in [0.15, 0.2) is 4.34 Å². The van der Waals surface area contributed by atoms with Crippen LogP contribution < -0.4 is 5.32 Å². The number of amides is 1. The van der Waals surface area contributed by atoms with Crippen molar-refractivity contribution in [3.05, 3.63) is 72.8 Å². The van der Waals surface area contributed by atoms with Crippen molar-refractivity contribution in [3.8, 4) is 0 Å². The molecule has 3 aromatic rings. The van der Waals surface area contributed by atoms with Gasteiger partial charge >= 0.3 is 0 Å². The smallest absolute Gasteiger partial charge is 0.284 e. The molecule has 0 atom stereocenters. The monoisotopic (exact) mass is 497 g/mol. The number of hydrogen-bond acceptors (Lipinski definition) is 6. The fourth-order valence-corrected chi connectivity index (χ4v) is 4.52. The van der Waals surface area contributed by atoms with E-state index in [-0.39, 0.29) is 17.2 Å². The van der Waals surface area contributed by atoms with Crippen molar-refractivity contribution >= 4 is 63.0 Å². The second-order valence-corrected chi connectivity index (χ2v) is 8.54. The molecule has 0 aliphatic rings. The minimum atomic E-state index is -0.480. The highest BCUT2D eigenvalue weighted by Gasteiger charge is 2.20. The van der Waals surface area contributed by atoms with Crippen LogP contribution in [0, 0.1) is 20.6 Å². The quantitative estimate of drug-likeness (QED) is 0.291. The van der Waals surface area contributed by atoms with Gasteiger partial charge in [-0.1, -0.05) is 23.9 Å². The zero-order valence-electron chi connectivity index (χ0n) is 13.4. The van der Waals surface area contributed by atoms with Crippen LogP contribution in [0.4, 0.5) is 11.4 Å². The van der Waals surface area contributed by atoms with Gasteiger partial charge in [-0.25, -0.2) is 4.98 Å². The van der Waals surface area contributed by atoms with Gasteiger partial charge in [0.25, 0.3) is 11.6 Å². The van der Waals surface area contributed by atoms with Crippen molar-refractivity contribution in [1.29, 1.82) is 0 Å². The number of para-hydroxylation sites is 1. The summed E-state index contributed by atoms with van der Waals surface area (Å²) in [5.41, 5.74) is 1.65. The van der Waals surface area contributed by atoms with Crippen LogP contribution in [0.2, 0.25) is 0 Å². The Morgan fingerprint density at radius 1 is 1.31 bits per heavy atom. The second kappa shape index (κ2) is 8.14. The number of rotatable bonds is 5. The number of carbonyl (C=O) groups is 1. The molecule has 6 nitrogen and oxygen atoms in total. The third-order valence-electron chi connectivity index (χ3n) is 3.34. The molecule has 0 fully saturated rings. The van der Waals surface area contributed by atoms with Gasteiger partial charge in [-0.15, -0.1) is 11.3 Å². The lowest BCUT2D eigenvalue weighted by molar-refractivity contribution is -0.387. The maximum Gasteiger partial charge on any atom is 0.284 e. The Morgan fingerprint density at radius 2 is 2.08 bits per heavy atom. The lowest BCUT2D eigenvalue weighted by Gasteiger charge is -2.08. The molecule has 0 aliphatic heterocycles. The van der Waals surface area contributed by atoms with E-state index in [9.17, 15) is 14.9 Å². The number of thiazole rings is 1. The van der Waals surface area contributed by atoms with E-state index in [0.717, 1.165) is 13.6 Å². The molecule has 0 bridgehead atoms. The summed E-state index contributed by atoms with van der Waals surface area (Å²) in [5, 5.41) is 16.1. The van der Waals surface area contributed by atoms with E-state index < -0.39 is 4.92 Å². The maximum absolute atomic E-state index is 12.5. The van der Waals surface area contributed by atoms with Gasteiger partial charge in [-0.2, -0.15) is 0 Å². The van der Waals surface area contributed by atoms with Crippen LogP contribution >= 0.6 is 45.7 Å². The molecule has 132 valence electrons. The number of aromatic nitrogens is 1. The molecule has 26 heavy (non-hydrogen) atoms. The van der Waals surface area contributed by atoms with E-state index >= 15 is 0 Å². The fraction of sp³-hybridized carbons (Fsp3) is 0.0588. The molecule has 0 radical (unpaired) electrons. The third kappa shape index (κ3) is 4.40. The lowest BCUT2D eigenvalue weighted by Crippen LogP contribution is -2.13. The first-order valence-corrected chi connectivity index (χ1v) is 10.2. The number of halogens is 1. The molecular formula is C17H12IN3O3S2. The SMILES string of the molecule is Cc1csc(Sc2ccc(C(=O)Nc3ccccc3I)cc2[N+](=O)[O-])n1. The molecule has 0 spiro atoms. The van der Waals surface area contributed by atoms with Crippen LogP contribution in [0.25, 0.3) is 0 Å². The van der Waals surface area contributed by atoms with Crippen molar-refractivity contribution in [2.75, 3.05) is 5.32 Å². The second-order valence-electron chi connectivity index (χ2n) is 5.23. The molecule has 2 aromatic carbocycles. The zero-order chi connectivity index (χ0) is 18.7. The van der Waals surface area contributed by atoms with Crippen molar-refractivity contribution in [2.45, 2.75) is 16.2 Å². The van der Waals surface area contributed by atoms with Gasteiger partial charge in [-0.3, -0.25) is 14.9 Å². The Hall–Kier alpha value is -1.98.